The molecule has 2 fully saturated rings. The van der Waals surface area contributed by atoms with E-state index in [-0.39, 0.29) is 6.10 Å². The van der Waals surface area contributed by atoms with Crippen molar-refractivity contribution in [3.05, 3.63) is 29.3 Å². The zero-order valence-electron chi connectivity index (χ0n) is 15.8. The van der Waals surface area contributed by atoms with Crippen molar-refractivity contribution >= 4 is 5.91 Å². The Kier molecular flexibility index (Phi) is 6.35. The van der Waals surface area contributed by atoms with E-state index < -0.39 is 0 Å². The largest absolute Gasteiger partial charge is 0.490 e. The van der Waals surface area contributed by atoms with E-state index in [1.54, 1.807) is 0 Å². The number of aryl methyl sites for hydroxylation is 2. The molecule has 0 radical (unpaired) electrons. The summed E-state index contributed by atoms with van der Waals surface area (Å²) in [6.45, 7) is 8.59. The number of hydrogen-bond acceptors (Lipinski definition) is 3. The molecule has 2 heterocycles. The first-order valence-corrected chi connectivity index (χ1v) is 9.86. The Morgan fingerprint density at radius 3 is 2.40 bits per heavy atom. The van der Waals surface area contributed by atoms with Gasteiger partial charge in [-0.3, -0.25) is 9.69 Å². The summed E-state index contributed by atoms with van der Waals surface area (Å²) >= 11 is 0. The first kappa shape index (κ1) is 18.2. The summed E-state index contributed by atoms with van der Waals surface area (Å²) in [7, 11) is 0. The topological polar surface area (TPSA) is 32.8 Å². The molecule has 1 aromatic rings. The van der Waals surface area contributed by atoms with Crippen molar-refractivity contribution in [1.82, 2.24) is 9.80 Å². The van der Waals surface area contributed by atoms with Crippen LogP contribution in [-0.2, 0) is 4.79 Å². The number of piperidine rings is 1. The molecule has 0 bridgehead atoms. The maximum atomic E-state index is 12.5. The van der Waals surface area contributed by atoms with Gasteiger partial charge in [0.15, 0.2) is 0 Å². The van der Waals surface area contributed by atoms with Gasteiger partial charge >= 0.3 is 0 Å². The fourth-order valence-corrected chi connectivity index (χ4v) is 3.81. The molecule has 2 aliphatic rings. The van der Waals surface area contributed by atoms with E-state index in [2.05, 4.69) is 41.8 Å². The Morgan fingerprint density at radius 1 is 1.04 bits per heavy atom. The molecule has 0 N–H and O–H groups in total. The second-order valence-corrected chi connectivity index (χ2v) is 7.66. The minimum atomic E-state index is 0.269. The van der Waals surface area contributed by atoms with Crippen molar-refractivity contribution in [2.75, 3.05) is 32.7 Å². The lowest BCUT2D eigenvalue weighted by Gasteiger charge is -2.33. The maximum absolute atomic E-state index is 12.5. The molecule has 0 spiro atoms. The highest BCUT2D eigenvalue weighted by atomic mass is 16.5. The number of carbonyl (C=O) groups is 1. The molecule has 3 rings (SSSR count). The minimum Gasteiger partial charge on any atom is -0.490 e. The smallest absolute Gasteiger partial charge is 0.236 e. The fourth-order valence-electron chi connectivity index (χ4n) is 3.81. The molecule has 25 heavy (non-hydrogen) atoms. The number of nitrogens with zero attached hydrogens (tertiary/aromatic N) is 2. The number of ether oxygens (including phenoxy) is 1. The number of amides is 1. The van der Waals surface area contributed by atoms with Gasteiger partial charge in [-0.05, 0) is 56.7 Å². The Balaban J connectivity index is 1.45. The third kappa shape index (κ3) is 5.21. The van der Waals surface area contributed by atoms with Crippen molar-refractivity contribution in [2.24, 2.45) is 0 Å². The van der Waals surface area contributed by atoms with Gasteiger partial charge in [-0.2, -0.15) is 0 Å². The van der Waals surface area contributed by atoms with E-state index in [9.17, 15) is 4.79 Å². The average Bonchev–Trinajstić information content (AvgIpc) is 2.89. The molecule has 0 saturated carbocycles. The fraction of sp³-hybridized carbons (Fsp3) is 0.667. The summed E-state index contributed by atoms with van der Waals surface area (Å²) in [5.41, 5.74) is 2.44. The molecule has 2 aliphatic heterocycles. The molecule has 1 amide bonds. The Bertz CT molecular complexity index is 571. The van der Waals surface area contributed by atoms with Gasteiger partial charge in [0.25, 0.3) is 0 Å². The molecular formula is C21H32N2O2. The highest BCUT2D eigenvalue weighted by molar-refractivity contribution is 5.78. The van der Waals surface area contributed by atoms with E-state index >= 15 is 0 Å². The van der Waals surface area contributed by atoms with E-state index in [1.807, 2.05) is 0 Å². The molecule has 4 nitrogen and oxygen atoms in total. The standard InChI is InChI=1S/C21H32N2O2/c1-17-7-8-18(2)20(15-17)25-19-9-13-22(14-10-19)16-21(24)23-11-5-3-4-6-12-23/h7-8,15,19H,3-6,9-14,16H2,1-2H3. The van der Waals surface area contributed by atoms with E-state index in [0.717, 1.165) is 57.6 Å². The number of hydrogen-bond donors (Lipinski definition) is 0. The predicted molar refractivity (Wildman–Crippen MR) is 101 cm³/mol. The molecule has 2 saturated heterocycles. The lowest BCUT2D eigenvalue weighted by molar-refractivity contribution is -0.132. The van der Waals surface area contributed by atoms with E-state index in [0.29, 0.717) is 12.5 Å². The molecule has 0 aliphatic carbocycles. The van der Waals surface area contributed by atoms with Gasteiger partial charge in [0, 0.05) is 26.2 Å². The van der Waals surface area contributed by atoms with Crippen LogP contribution in [0.4, 0.5) is 0 Å². The average molecular weight is 344 g/mol. The molecule has 1 aromatic carbocycles. The van der Waals surface area contributed by atoms with Crippen molar-refractivity contribution in [2.45, 2.75) is 58.5 Å². The third-order valence-electron chi connectivity index (χ3n) is 5.49. The van der Waals surface area contributed by atoms with Crippen LogP contribution in [0.15, 0.2) is 18.2 Å². The van der Waals surface area contributed by atoms with Crippen LogP contribution in [-0.4, -0.2) is 54.5 Å². The second-order valence-electron chi connectivity index (χ2n) is 7.66. The normalized spacial score (nSPS) is 20.3. The van der Waals surface area contributed by atoms with Crippen LogP contribution < -0.4 is 4.74 Å². The Morgan fingerprint density at radius 2 is 1.72 bits per heavy atom. The van der Waals surface area contributed by atoms with Gasteiger partial charge in [0.2, 0.25) is 5.91 Å². The maximum Gasteiger partial charge on any atom is 0.236 e. The molecule has 0 aromatic heterocycles. The van der Waals surface area contributed by atoms with Crippen molar-refractivity contribution in [3.63, 3.8) is 0 Å². The van der Waals surface area contributed by atoms with Crippen molar-refractivity contribution in [1.29, 1.82) is 0 Å². The van der Waals surface area contributed by atoms with E-state index in [1.165, 1.54) is 24.0 Å². The highest BCUT2D eigenvalue weighted by Crippen LogP contribution is 2.24. The lowest BCUT2D eigenvalue weighted by Crippen LogP contribution is -2.45. The molecule has 138 valence electrons. The van der Waals surface area contributed by atoms with Crippen molar-refractivity contribution in [3.8, 4) is 5.75 Å². The number of rotatable bonds is 4. The summed E-state index contributed by atoms with van der Waals surface area (Å²) in [5.74, 6) is 1.33. The van der Waals surface area contributed by atoms with Crippen LogP contribution in [0.25, 0.3) is 0 Å². The van der Waals surface area contributed by atoms with Gasteiger partial charge in [0.1, 0.15) is 11.9 Å². The molecular weight excluding hydrogens is 312 g/mol. The summed E-state index contributed by atoms with van der Waals surface area (Å²) in [5, 5.41) is 0. The summed E-state index contributed by atoms with van der Waals surface area (Å²) < 4.78 is 6.23. The predicted octanol–water partition coefficient (Wildman–Crippen LogP) is 3.55. The van der Waals surface area contributed by atoms with Gasteiger partial charge in [-0.15, -0.1) is 0 Å². The molecule has 0 unspecified atom stereocenters. The monoisotopic (exact) mass is 344 g/mol. The van der Waals surface area contributed by atoms with Crippen LogP contribution in [0, 0.1) is 13.8 Å². The first-order chi connectivity index (χ1) is 12.1. The SMILES string of the molecule is Cc1ccc(C)c(OC2CCN(CC(=O)N3CCCCCC3)CC2)c1. The van der Waals surface area contributed by atoms with Crippen LogP contribution in [0.2, 0.25) is 0 Å². The quantitative estimate of drug-likeness (QED) is 0.837. The summed E-state index contributed by atoms with van der Waals surface area (Å²) in [4.78, 5) is 16.9. The minimum absolute atomic E-state index is 0.269. The molecule has 0 atom stereocenters. The van der Waals surface area contributed by atoms with Gasteiger partial charge in [0.05, 0.1) is 6.54 Å². The zero-order valence-corrected chi connectivity index (χ0v) is 15.8. The first-order valence-electron chi connectivity index (χ1n) is 9.86. The zero-order chi connectivity index (χ0) is 17.6. The van der Waals surface area contributed by atoms with Crippen LogP contribution in [0.3, 0.4) is 0 Å². The summed E-state index contributed by atoms with van der Waals surface area (Å²) in [6.07, 6.45) is 7.14. The summed E-state index contributed by atoms with van der Waals surface area (Å²) in [6, 6.07) is 6.38. The van der Waals surface area contributed by atoms with Gasteiger partial charge < -0.3 is 9.64 Å². The molecule has 4 heteroatoms. The van der Waals surface area contributed by atoms with Crippen molar-refractivity contribution < 1.29 is 9.53 Å². The van der Waals surface area contributed by atoms with Crippen LogP contribution >= 0.6 is 0 Å². The number of carbonyl (C=O) groups excluding carboxylic acids is 1. The lowest BCUT2D eigenvalue weighted by atomic mass is 10.1. The number of benzene rings is 1. The number of likely N-dealkylation sites (tertiary alicyclic amines) is 2. The highest BCUT2D eigenvalue weighted by Gasteiger charge is 2.24. The second kappa shape index (κ2) is 8.70. The Hall–Kier alpha value is -1.55. The van der Waals surface area contributed by atoms with Crippen LogP contribution in [0.5, 0.6) is 5.75 Å². The Labute approximate surface area is 152 Å². The van der Waals surface area contributed by atoms with Gasteiger partial charge in [-0.1, -0.05) is 25.0 Å². The van der Waals surface area contributed by atoms with E-state index in [4.69, 9.17) is 4.74 Å². The third-order valence-corrected chi connectivity index (χ3v) is 5.49. The van der Waals surface area contributed by atoms with Crippen LogP contribution in [0.1, 0.15) is 49.7 Å². The van der Waals surface area contributed by atoms with Gasteiger partial charge in [-0.25, -0.2) is 0 Å².